The van der Waals surface area contributed by atoms with Crippen molar-refractivity contribution in [1.82, 2.24) is 14.5 Å². The number of phosphoric acid groups is 2. The van der Waals surface area contributed by atoms with E-state index in [4.69, 9.17) is 19.4 Å². The maximum absolute atomic E-state index is 12.1. The maximum Gasteiger partial charge on any atom is 0.481 e. The summed E-state index contributed by atoms with van der Waals surface area (Å²) in [6.45, 7) is 11.3. The second-order valence-corrected chi connectivity index (χ2v) is 9.87. The van der Waals surface area contributed by atoms with E-state index in [-0.39, 0.29) is 5.82 Å². The van der Waals surface area contributed by atoms with Crippen molar-refractivity contribution >= 4 is 21.5 Å². The minimum Gasteiger partial charge on any atom is -0.387 e. The zero-order valence-corrected chi connectivity index (χ0v) is 21.6. The Labute approximate surface area is 202 Å². The third-order valence-electron chi connectivity index (χ3n) is 4.72. The first-order valence-electron chi connectivity index (χ1n) is 10.7. The molecular formula is C17H34N4O12P2. The van der Waals surface area contributed by atoms with E-state index in [9.17, 15) is 29.0 Å². The van der Waals surface area contributed by atoms with Gasteiger partial charge in [-0.15, -0.1) is 0 Å². The molecule has 0 aromatic carbocycles. The molecule has 1 aromatic rings. The first kappa shape index (κ1) is 31.8. The quantitative estimate of drug-likeness (QED) is 0.147. The van der Waals surface area contributed by atoms with Gasteiger partial charge in [0.2, 0.25) is 0 Å². The van der Waals surface area contributed by atoms with Gasteiger partial charge in [-0.05, 0) is 32.6 Å². The molecule has 5 atom stereocenters. The van der Waals surface area contributed by atoms with E-state index in [1.807, 2.05) is 0 Å². The monoisotopic (exact) mass is 548 g/mol. The fourth-order valence-electron chi connectivity index (χ4n) is 2.90. The summed E-state index contributed by atoms with van der Waals surface area (Å²) in [7, 11) is -10.5. The van der Waals surface area contributed by atoms with Crippen LogP contribution in [0.25, 0.3) is 0 Å². The van der Waals surface area contributed by atoms with Crippen LogP contribution in [0.15, 0.2) is 17.1 Å². The fourth-order valence-corrected chi connectivity index (χ4v) is 4.50. The highest BCUT2D eigenvalue weighted by Crippen LogP contribution is 2.57. The highest BCUT2D eigenvalue weighted by atomic mass is 31.3. The summed E-state index contributed by atoms with van der Waals surface area (Å²) < 4.78 is 36.1. The Balaban J connectivity index is 0.000000762. The van der Waals surface area contributed by atoms with E-state index in [0.29, 0.717) is 6.61 Å². The van der Waals surface area contributed by atoms with E-state index < -0.39 is 52.5 Å². The summed E-state index contributed by atoms with van der Waals surface area (Å²) in [6, 6.07) is 1.33. The van der Waals surface area contributed by atoms with Crippen LogP contribution in [-0.2, 0) is 27.5 Å². The molecule has 1 aliphatic heterocycles. The number of hydrogen-bond acceptors (Lipinski definition) is 12. The van der Waals surface area contributed by atoms with Gasteiger partial charge in [0.15, 0.2) is 12.0 Å². The lowest BCUT2D eigenvalue weighted by Crippen LogP contribution is -2.36. The Bertz CT molecular complexity index is 919. The van der Waals surface area contributed by atoms with Crippen LogP contribution in [0.3, 0.4) is 0 Å². The number of phosphoric ester groups is 1. The van der Waals surface area contributed by atoms with Crippen molar-refractivity contribution in [3.63, 3.8) is 0 Å². The van der Waals surface area contributed by atoms with Crippen LogP contribution >= 0.6 is 15.6 Å². The molecule has 35 heavy (non-hydrogen) atoms. The van der Waals surface area contributed by atoms with Crippen molar-refractivity contribution in [1.29, 1.82) is 0 Å². The molecular weight excluding hydrogens is 514 g/mol. The molecule has 0 amide bonds. The minimum atomic E-state index is -5.32. The predicted molar refractivity (Wildman–Crippen MR) is 122 cm³/mol. The molecule has 204 valence electrons. The van der Waals surface area contributed by atoms with Gasteiger partial charge in [0.1, 0.15) is 18.3 Å². The average molecular weight is 548 g/mol. The molecule has 16 nitrogen and oxygen atoms in total. The van der Waals surface area contributed by atoms with E-state index in [2.05, 4.69) is 45.0 Å². The smallest absolute Gasteiger partial charge is 0.387 e. The summed E-state index contributed by atoms with van der Waals surface area (Å²) in [5.41, 5.74) is 1.54. The average Bonchev–Trinajstić information content (AvgIpc) is 3.05. The highest BCUT2D eigenvalue weighted by molar-refractivity contribution is 7.60. The number of aromatic nitrogens is 2. The predicted octanol–water partition coefficient (Wildman–Crippen LogP) is -0.200. The molecule has 2 rings (SSSR count). The van der Waals surface area contributed by atoms with Gasteiger partial charge in [-0.25, -0.2) is 19.4 Å². The van der Waals surface area contributed by atoms with Gasteiger partial charge in [-0.1, -0.05) is 20.8 Å². The lowest BCUT2D eigenvalue weighted by Gasteiger charge is -2.18. The third-order valence-corrected chi connectivity index (χ3v) is 6.87. The van der Waals surface area contributed by atoms with Crippen LogP contribution in [0.5, 0.6) is 0 Å². The van der Waals surface area contributed by atoms with Crippen LogP contribution in [0.2, 0.25) is 0 Å². The summed E-state index contributed by atoms with van der Waals surface area (Å²) in [5, 5.41) is 20.1. The van der Waals surface area contributed by atoms with Gasteiger partial charge in [0.05, 0.1) is 13.2 Å². The SMILES string of the molecule is CCN(CC)CC.CCONc1ccn([C@@H]2O[C@H](COP(=O)(O)OP(=O)(O)O)[C@@H](O)[C@H]2O)c(=O)n1. The Morgan fingerprint density at radius 3 is 2.17 bits per heavy atom. The number of hydrogen-bond donors (Lipinski definition) is 6. The van der Waals surface area contributed by atoms with Crippen molar-refractivity contribution in [3.05, 3.63) is 22.7 Å². The van der Waals surface area contributed by atoms with Crippen molar-refractivity contribution in [2.45, 2.75) is 52.2 Å². The second-order valence-electron chi connectivity index (χ2n) is 7.04. The van der Waals surface area contributed by atoms with Gasteiger partial charge < -0.3 is 34.5 Å². The number of aliphatic hydroxyl groups is 2. The third kappa shape index (κ3) is 10.7. The molecule has 1 aliphatic rings. The number of nitrogens with one attached hydrogen (secondary N) is 1. The van der Waals surface area contributed by atoms with Gasteiger partial charge in [-0.2, -0.15) is 9.29 Å². The Morgan fingerprint density at radius 2 is 1.71 bits per heavy atom. The van der Waals surface area contributed by atoms with E-state index >= 15 is 0 Å². The number of rotatable bonds is 12. The Hall–Kier alpha value is -1.26. The zero-order valence-electron chi connectivity index (χ0n) is 19.8. The zero-order chi connectivity index (χ0) is 26.8. The summed E-state index contributed by atoms with van der Waals surface area (Å²) in [4.78, 5) is 49.3. The lowest BCUT2D eigenvalue weighted by molar-refractivity contribution is -0.0541. The van der Waals surface area contributed by atoms with Gasteiger partial charge in [0, 0.05) is 6.20 Å². The van der Waals surface area contributed by atoms with Gasteiger partial charge in [-0.3, -0.25) is 13.9 Å². The molecule has 0 spiro atoms. The number of aliphatic hydroxyl groups excluding tert-OH is 2. The van der Waals surface area contributed by atoms with Crippen molar-refractivity contribution in [2.24, 2.45) is 0 Å². The summed E-state index contributed by atoms with van der Waals surface area (Å²) in [5.74, 6) is 0.0897. The van der Waals surface area contributed by atoms with Crippen LogP contribution in [0, 0.1) is 0 Å². The molecule has 0 aliphatic carbocycles. The van der Waals surface area contributed by atoms with Crippen LogP contribution < -0.4 is 11.2 Å². The molecule has 6 N–H and O–H groups in total. The van der Waals surface area contributed by atoms with Crippen LogP contribution in [0.1, 0.15) is 33.9 Å². The van der Waals surface area contributed by atoms with Crippen molar-refractivity contribution < 1.29 is 52.4 Å². The normalized spacial score (nSPS) is 24.1. The van der Waals surface area contributed by atoms with Crippen LogP contribution in [0.4, 0.5) is 5.82 Å². The maximum atomic E-state index is 12.1. The number of anilines is 1. The molecule has 1 saturated heterocycles. The van der Waals surface area contributed by atoms with Crippen LogP contribution in [-0.4, -0.2) is 90.5 Å². The molecule has 0 bridgehead atoms. The van der Waals surface area contributed by atoms with Crippen molar-refractivity contribution in [2.75, 3.05) is 38.3 Å². The standard InChI is InChI=1S/C11H19N3O12P2.C6H15N/c1-2-23-13-7-3-4-14(11(17)12-7)10-9(16)8(15)6(25-10)5-24-28(21,22)26-27(18,19)20;1-4-7(5-2)6-3/h3-4,6,8-10,15-16H,2,5H2,1H3,(H,21,22)(H,12,13,17)(H2,18,19,20);4-6H2,1-3H3/t6-,8-,9-,10-;/m1./s1. The van der Waals surface area contributed by atoms with Gasteiger partial charge >= 0.3 is 21.3 Å². The lowest BCUT2D eigenvalue weighted by atomic mass is 10.1. The van der Waals surface area contributed by atoms with Crippen molar-refractivity contribution in [3.8, 4) is 0 Å². The largest absolute Gasteiger partial charge is 0.481 e. The molecule has 0 radical (unpaired) electrons. The van der Waals surface area contributed by atoms with E-state index in [0.717, 1.165) is 4.57 Å². The minimum absolute atomic E-state index is 0.0897. The molecule has 1 unspecified atom stereocenters. The summed E-state index contributed by atoms with van der Waals surface area (Å²) in [6.07, 6.45) is -4.93. The molecule has 2 heterocycles. The first-order valence-corrected chi connectivity index (χ1v) is 13.8. The molecule has 0 saturated carbocycles. The molecule has 18 heteroatoms. The summed E-state index contributed by atoms with van der Waals surface area (Å²) >= 11 is 0. The molecule has 1 fully saturated rings. The van der Waals surface area contributed by atoms with E-state index in [1.54, 1.807) is 6.92 Å². The Kier molecular flexibility index (Phi) is 13.1. The number of ether oxygens (including phenoxy) is 1. The Morgan fingerprint density at radius 1 is 1.11 bits per heavy atom. The molecule has 1 aromatic heterocycles. The fraction of sp³-hybridized carbons (Fsp3) is 0.765. The number of nitrogens with zero attached hydrogens (tertiary/aromatic N) is 3. The topological polar surface area (TPSA) is 222 Å². The van der Waals surface area contributed by atoms with E-state index in [1.165, 1.54) is 31.9 Å². The first-order chi connectivity index (χ1) is 16.3. The van der Waals surface area contributed by atoms with Gasteiger partial charge in [0.25, 0.3) is 0 Å². The second kappa shape index (κ2) is 14.5. The highest BCUT2D eigenvalue weighted by Gasteiger charge is 2.45.